The van der Waals surface area contributed by atoms with Gasteiger partial charge in [0.15, 0.2) is 11.5 Å². The first-order valence-corrected chi connectivity index (χ1v) is 7.01. The molecule has 4 nitrogen and oxygen atoms in total. The molecule has 0 spiro atoms. The van der Waals surface area contributed by atoms with E-state index in [0.29, 0.717) is 13.4 Å². The summed E-state index contributed by atoms with van der Waals surface area (Å²) in [5, 5.41) is 13.0. The fourth-order valence-electron chi connectivity index (χ4n) is 3.04. The van der Waals surface area contributed by atoms with E-state index < -0.39 is 0 Å². The monoisotopic (exact) mass is 263 g/mol. The van der Waals surface area contributed by atoms with Crippen molar-refractivity contribution in [2.24, 2.45) is 5.41 Å². The predicted molar refractivity (Wildman–Crippen MR) is 72.3 cm³/mol. The normalized spacial score (nSPS) is 19.8. The summed E-state index contributed by atoms with van der Waals surface area (Å²) in [4.78, 5) is 0. The van der Waals surface area contributed by atoms with Crippen molar-refractivity contribution >= 4 is 0 Å². The van der Waals surface area contributed by atoms with Crippen LogP contribution in [0.1, 0.15) is 31.2 Å². The number of aliphatic hydroxyl groups is 1. The van der Waals surface area contributed by atoms with Gasteiger partial charge in [-0.2, -0.15) is 0 Å². The van der Waals surface area contributed by atoms with Crippen LogP contribution in [0.4, 0.5) is 0 Å². The second-order valence-electron chi connectivity index (χ2n) is 5.66. The SMILES string of the molecule is OCC1(CNCc2ccc3c(c2)OCO3)CCCC1. The van der Waals surface area contributed by atoms with Crippen molar-refractivity contribution in [2.75, 3.05) is 19.9 Å². The first-order valence-electron chi connectivity index (χ1n) is 7.01. The highest BCUT2D eigenvalue weighted by atomic mass is 16.7. The molecule has 4 heteroatoms. The zero-order valence-electron chi connectivity index (χ0n) is 11.2. The standard InChI is InChI=1S/C15H21NO3/c17-10-15(5-1-2-6-15)9-16-8-12-3-4-13-14(7-12)19-11-18-13/h3-4,7,16-17H,1-2,5-6,8-11H2. The minimum absolute atomic E-state index is 0.107. The van der Waals surface area contributed by atoms with Gasteiger partial charge in [-0.1, -0.05) is 18.9 Å². The lowest BCUT2D eigenvalue weighted by molar-refractivity contribution is 0.128. The molecule has 1 fully saturated rings. The van der Waals surface area contributed by atoms with Gasteiger partial charge in [0.1, 0.15) is 0 Å². The van der Waals surface area contributed by atoms with Gasteiger partial charge in [0, 0.05) is 25.1 Å². The van der Waals surface area contributed by atoms with E-state index in [0.717, 1.165) is 37.4 Å². The smallest absolute Gasteiger partial charge is 0.231 e. The summed E-state index contributed by atoms with van der Waals surface area (Å²) >= 11 is 0. The summed E-state index contributed by atoms with van der Waals surface area (Å²) in [6.07, 6.45) is 4.76. The zero-order chi connectivity index (χ0) is 13.1. The lowest BCUT2D eigenvalue weighted by Crippen LogP contribution is -2.34. The van der Waals surface area contributed by atoms with Crippen molar-refractivity contribution in [3.8, 4) is 11.5 Å². The molecule has 0 amide bonds. The second kappa shape index (κ2) is 5.39. The highest BCUT2D eigenvalue weighted by molar-refractivity contribution is 5.44. The third-order valence-corrected chi connectivity index (χ3v) is 4.27. The molecule has 2 N–H and O–H groups in total. The number of benzene rings is 1. The number of nitrogens with one attached hydrogen (secondary N) is 1. The first-order chi connectivity index (χ1) is 9.31. The highest BCUT2D eigenvalue weighted by Gasteiger charge is 2.32. The van der Waals surface area contributed by atoms with Crippen LogP contribution in [0.5, 0.6) is 11.5 Å². The van der Waals surface area contributed by atoms with Crippen molar-refractivity contribution in [1.82, 2.24) is 5.32 Å². The van der Waals surface area contributed by atoms with Crippen LogP contribution in [0.2, 0.25) is 0 Å². The molecule has 19 heavy (non-hydrogen) atoms. The van der Waals surface area contributed by atoms with Gasteiger partial charge in [-0.15, -0.1) is 0 Å². The molecule has 1 aromatic rings. The maximum absolute atomic E-state index is 9.56. The summed E-state index contributed by atoms with van der Waals surface area (Å²) in [7, 11) is 0. The van der Waals surface area contributed by atoms with Crippen molar-refractivity contribution in [3.63, 3.8) is 0 Å². The third kappa shape index (κ3) is 2.69. The second-order valence-corrected chi connectivity index (χ2v) is 5.66. The molecule has 1 aromatic carbocycles. The van der Waals surface area contributed by atoms with Gasteiger partial charge < -0.3 is 19.9 Å². The van der Waals surface area contributed by atoms with Crippen LogP contribution in [0.3, 0.4) is 0 Å². The predicted octanol–water partition coefficient (Wildman–Crippen LogP) is 2.06. The Morgan fingerprint density at radius 2 is 1.95 bits per heavy atom. The third-order valence-electron chi connectivity index (χ3n) is 4.27. The number of rotatable bonds is 5. The maximum Gasteiger partial charge on any atom is 0.231 e. The molecule has 0 aromatic heterocycles. The van der Waals surface area contributed by atoms with Gasteiger partial charge in [-0.05, 0) is 30.5 Å². The molecule has 3 rings (SSSR count). The fourth-order valence-corrected chi connectivity index (χ4v) is 3.04. The van der Waals surface area contributed by atoms with Crippen LogP contribution in [-0.2, 0) is 6.54 Å². The summed E-state index contributed by atoms with van der Waals surface area (Å²) < 4.78 is 10.7. The Hall–Kier alpha value is -1.26. The Labute approximate surface area is 113 Å². The fraction of sp³-hybridized carbons (Fsp3) is 0.600. The topological polar surface area (TPSA) is 50.7 Å². The minimum Gasteiger partial charge on any atom is -0.454 e. The molecule has 1 saturated carbocycles. The van der Waals surface area contributed by atoms with E-state index in [1.54, 1.807) is 0 Å². The Kier molecular flexibility index (Phi) is 3.62. The molecule has 104 valence electrons. The van der Waals surface area contributed by atoms with Crippen molar-refractivity contribution in [1.29, 1.82) is 0 Å². The van der Waals surface area contributed by atoms with E-state index in [4.69, 9.17) is 9.47 Å². The molecule has 1 aliphatic carbocycles. The van der Waals surface area contributed by atoms with Gasteiger partial charge in [-0.3, -0.25) is 0 Å². The lowest BCUT2D eigenvalue weighted by atomic mass is 9.87. The van der Waals surface area contributed by atoms with Crippen molar-refractivity contribution < 1.29 is 14.6 Å². The molecule has 0 bridgehead atoms. The molecule has 0 saturated heterocycles. The molecule has 0 radical (unpaired) electrons. The molecule has 0 atom stereocenters. The number of ether oxygens (including phenoxy) is 2. The van der Waals surface area contributed by atoms with Crippen molar-refractivity contribution in [2.45, 2.75) is 32.2 Å². The zero-order valence-corrected chi connectivity index (χ0v) is 11.2. The van der Waals surface area contributed by atoms with Gasteiger partial charge in [0.25, 0.3) is 0 Å². The van der Waals surface area contributed by atoms with Crippen LogP contribution >= 0.6 is 0 Å². The summed E-state index contributed by atoms with van der Waals surface area (Å²) in [5.74, 6) is 1.66. The Morgan fingerprint density at radius 1 is 1.16 bits per heavy atom. The van der Waals surface area contributed by atoms with Gasteiger partial charge >= 0.3 is 0 Å². The van der Waals surface area contributed by atoms with Crippen LogP contribution in [0.15, 0.2) is 18.2 Å². The summed E-state index contributed by atoms with van der Waals surface area (Å²) in [5.41, 5.74) is 1.30. The molecular formula is C15H21NO3. The van der Waals surface area contributed by atoms with E-state index in [-0.39, 0.29) is 5.41 Å². The molecular weight excluding hydrogens is 242 g/mol. The Bertz CT molecular complexity index is 441. The highest BCUT2D eigenvalue weighted by Crippen LogP contribution is 2.37. The van der Waals surface area contributed by atoms with Gasteiger partial charge in [0.05, 0.1) is 0 Å². The maximum atomic E-state index is 9.56. The van der Waals surface area contributed by atoms with Crippen LogP contribution in [0, 0.1) is 5.41 Å². The van der Waals surface area contributed by atoms with E-state index in [1.807, 2.05) is 12.1 Å². The minimum atomic E-state index is 0.107. The number of fused-ring (bicyclic) bond motifs is 1. The van der Waals surface area contributed by atoms with E-state index in [2.05, 4.69) is 11.4 Å². The van der Waals surface area contributed by atoms with Gasteiger partial charge in [-0.25, -0.2) is 0 Å². The molecule has 1 aliphatic heterocycles. The Morgan fingerprint density at radius 3 is 2.74 bits per heavy atom. The molecule has 0 unspecified atom stereocenters. The number of aliphatic hydroxyl groups excluding tert-OH is 1. The average molecular weight is 263 g/mol. The van der Waals surface area contributed by atoms with Gasteiger partial charge in [0.2, 0.25) is 6.79 Å². The van der Waals surface area contributed by atoms with E-state index >= 15 is 0 Å². The Balaban J connectivity index is 1.55. The van der Waals surface area contributed by atoms with Crippen LogP contribution in [0.25, 0.3) is 0 Å². The van der Waals surface area contributed by atoms with E-state index in [1.165, 1.54) is 18.4 Å². The molecule has 2 aliphatic rings. The quantitative estimate of drug-likeness (QED) is 0.853. The summed E-state index contributed by atoms with van der Waals surface area (Å²) in [6, 6.07) is 6.03. The lowest BCUT2D eigenvalue weighted by Gasteiger charge is -2.26. The number of hydrogen-bond donors (Lipinski definition) is 2. The molecule has 1 heterocycles. The first kappa shape index (κ1) is 12.8. The van der Waals surface area contributed by atoms with Crippen molar-refractivity contribution in [3.05, 3.63) is 23.8 Å². The van der Waals surface area contributed by atoms with Crippen LogP contribution < -0.4 is 14.8 Å². The number of hydrogen-bond acceptors (Lipinski definition) is 4. The van der Waals surface area contributed by atoms with Crippen LogP contribution in [-0.4, -0.2) is 25.1 Å². The van der Waals surface area contributed by atoms with E-state index in [9.17, 15) is 5.11 Å². The largest absolute Gasteiger partial charge is 0.454 e. The summed E-state index contributed by atoms with van der Waals surface area (Å²) in [6.45, 7) is 2.30. The average Bonchev–Trinajstić information content (AvgIpc) is 3.07.